The fraction of sp³-hybridized carbons (Fsp3) is 0.333. The molecule has 3 N–H and O–H groups in total. The second-order valence-corrected chi connectivity index (χ2v) is 8.70. The zero-order chi connectivity index (χ0) is 22.6. The Morgan fingerprint density at radius 2 is 1.77 bits per heavy atom. The van der Waals surface area contributed by atoms with Crippen LogP contribution in [0, 0.1) is 6.92 Å². The van der Waals surface area contributed by atoms with E-state index in [4.69, 9.17) is 14.6 Å². The van der Waals surface area contributed by atoms with Crippen LogP contribution in [0.5, 0.6) is 5.75 Å². The second kappa shape index (κ2) is 9.27. The van der Waals surface area contributed by atoms with Gasteiger partial charge in [-0.2, -0.15) is 0 Å². The van der Waals surface area contributed by atoms with E-state index in [1.807, 2.05) is 39.0 Å². The number of esters is 1. The van der Waals surface area contributed by atoms with Gasteiger partial charge >= 0.3 is 5.97 Å². The van der Waals surface area contributed by atoms with Crippen molar-refractivity contribution in [1.82, 2.24) is 0 Å². The fourth-order valence-corrected chi connectivity index (χ4v) is 3.41. The molecule has 0 aliphatic carbocycles. The average molecular weight is 435 g/mol. The summed E-state index contributed by atoms with van der Waals surface area (Å²) in [5.74, 6) is -1.14. The Labute approximate surface area is 176 Å². The lowest BCUT2D eigenvalue weighted by atomic mass is 9.98. The lowest BCUT2D eigenvalue weighted by Gasteiger charge is -2.19. The SMILES string of the molecule is COc1ccc(S(N)(=O)=O)cc1C(=O)O[C@H](C)C(=O)Nc1c(C)cccc1C(C)C. The number of nitrogens with two attached hydrogens (primary N) is 1. The van der Waals surface area contributed by atoms with Crippen molar-refractivity contribution in [3.05, 3.63) is 53.1 Å². The monoisotopic (exact) mass is 434 g/mol. The van der Waals surface area contributed by atoms with Crippen LogP contribution in [-0.4, -0.2) is 33.5 Å². The van der Waals surface area contributed by atoms with Gasteiger partial charge in [0.15, 0.2) is 6.10 Å². The topological polar surface area (TPSA) is 125 Å². The van der Waals surface area contributed by atoms with Crippen LogP contribution >= 0.6 is 0 Å². The smallest absolute Gasteiger partial charge is 0.342 e. The van der Waals surface area contributed by atoms with Crippen LogP contribution < -0.4 is 15.2 Å². The number of rotatable bonds is 7. The zero-order valence-electron chi connectivity index (χ0n) is 17.6. The number of aryl methyl sites for hydroxylation is 1. The molecule has 8 nitrogen and oxygen atoms in total. The van der Waals surface area contributed by atoms with Gasteiger partial charge in [-0.3, -0.25) is 4.79 Å². The number of methoxy groups -OCH3 is 1. The highest BCUT2D eigenvalue weighted by Crippen LogP contribution is 2.28. The molecule has 0 aliphatic heterocycles. The lowest BCUT2D eigenvalue weighted by Crippen LogP contribution is -2.31. The van der Waals surface area contributed by atoms with Crippen molar-refractivity contribution in [2.75, 3.05) is 12.4 Å². The Morgan fingerprint density at radius 1 is 1.10 bits per heavy atom. The molecule has 0 spiro atoms. The number of ether oxygens (including phenoxy) is 2. The molecule has 1 atom stereocenters. The maximum Gasteiger partial charge on any atom is 0.342 e. The third-order valence-electron chi connectivity index (χ3n) is 4.55. The maximum atomic E-state index is 12.7. The van der Waals surface area contributed by atoms with E-state index in [1.165, 1.54) is 26.2 Å². The van der Waals surface area contributed by atoms with Crippen molar-refractivity contribution in [3.8, 4) is 5.75 Å². The molecule has 0 aliphatic rings. The molecule has 9 heteroatoms. The number of hydrogen-bond donors (Lipinski definition) is 2. The van der Waals surface area contributed by atoms with Crippen LogP contribution in [0.4, 0.5) is 5.69 Å². The summed E-state index contributed by atoms with van der Waals surface area (Å²) in [5, 5.41) is 7.94. The van der Waals surface area contributed by atoms with Crippen LogP contribution in [0.1, 0.15) is 48.2 Å². The molecule has 2 rings (SSSR count). The third kappa shape index (κ3) is 5.37. The minimum absolute atomic E-state index is 0.0982. The molecule has 0 heterocycles. The number of para-hydroxylation sites is 1. The summed E-state index contributed by atoms with van der Waals surface area (Å²) in [7, 11) is -2.71. The Balaban J connectivity index is 2.24. The number of sulfonamides is 1. The van der Waals surface area contributed by atoms with Crippen molar-refractivity contribution in [2.24, 2.45) is 5.14 Å². The molecular formula is C21H26N2O6S. The van der Waals surface area contributed by atoms with Crippen molar-refractivity contribution in [2.45, 2.75) is 44.6 Å². The van der Waals surface area contributed by atoms with E-state index in [0.717, 1.165) is 17.2 Å². The van der Waals surface area contributed by atoms with Gasteiger partial charge in [0.05, 0.1) is 12.0 Å². The molecule has 0 saturated heterocycles. The number of carbonyl (C=O) groups is 2. The Bertz CT molecular complexity index is 1060. The highest BCUT2D eigenvalue weighted by atomic mass is 32.2. The first kappa shape index (κ1) is 23.4. The minimum atomic E-state index is -4.03. The summed E-state index contributed by atoms with van der Waals surface area (Å²) in [6, 6.07) is 9.28. The predicted octanol–water partition coefficient (Wildman–Crippen LogP) is 2.96. The highest BCUT2D eigenvalue weighted by Gasteiger charge is 2.24. The maximum absolute atomic E-state index is 12.7. The summed E-state index contributed by atoms with van der Waals surface area (Å²) in [5.41, 5.74) is 2.37. The van der Waals surface area contributed by atoms with Crippen molar-refractivity contribution < 1.29 is 27.5 Å². The van der Waals surface area contributed by atoms with E-state index in [2.05, 4.69) is 5.32 Å². The van der Waals surface area contributed by atoms with Gasteiger partial charge in [0.2, 0.25) is 10.0 Å². The molecule has 0 bridgehead atoms. The normalized spacial score (nSPS) is 12.4. The Hall–Kier alpha value is -2.91. The summed E-state index contributed by atoms with van der Waals surface area (Å²) in [6.07, 6.45) is -1.14. The van der Waals surface area contributed by atoms with Gasteiger partial charge in [0.1, 0.15) is 11.3 Å². The van der Waals surface area contributed by atoms with E-state index in [0.29, 0.717) is 5.69 Å². The summed E-state index contributed by atoms with van der Waals surface area (Å²) < 4.78 is 33.5. The molecule has 0 unspecified atom stereocenters. The van der Waals surface area contributed by atoms with Gasteiger partial charge in [0, 0.05) is 5.69 Å². The van der Waals surface area contributed by atoms with Gasteiger partial charge in [-0.05, 0) is 49.1 Å². The highest BCUT2D eigenvalue weighted by molar-refractivity contribution is 7.89. The van der Waals surface area contributed by atoms with E-state index >= 15 is 0 Å². The first-order valence-electron chi connectivity index (χ1n) is 9.28. The molecule has 1 amide bonds. The lowest BCUT2D eigenvalue weighted by molar-refractivity contribution is -0.123. The molecule has 162 valence electrons. The number of benzene rings is 2. The van der Waals surface area contributed by atoms with Crippen LogP contribution in [0.15, 0.2) is 41.3 Å². The van der Waals surface area contributed by atoms with Gasteiger partial charge in [-0.1, -0.05) is 32.0 Å². The van der Waals surface area contributed by atoms with E-state index < -0.39 is 28.0 Å². The van der Waals surface area contributed by atoms with Crippen LogP contribution in [0.25, 0.3) is 0 Å². The third-order valence-corrected chi connectivity index (χ3v) is 5.46. The average Bonchev–Trinajstić information content (AvgIpc) is 2.67. The number of primary sulfonamides is 1. The molecule has 0 aromatic heterocycles. The molecule has 2 aromatic rings. The van der Waals surface area contributed by atoms with Gasteiger partial charge < -0.3 is 14.8 Å². The van der Waals surface area contributed by atoms with Gasteiger partial charge in [0.25, 0.3) is 5.91 Å². The number of nitrogens with one attached hydrogen (secondary N) is 1. The van der Waals surface area contributed by atoms with E-state index in [9.17, 15) is 18.0 Å². The van der Waals surface area contributed by atoms with Crippen LogP contribution in [0.3, 0.4) is 0 Å². The number of hydrogen-bond acceptors (Lipinski definition) is 6. The quantitative estimate of drug-likeness (QED) is 0.646. The van der Waals surface area contributed by atoms with Crippen LogP contribution in [-0.2, 0) is 19.6 Å². The van der Waals surface area contributed by atoms with Gasteiger partial charge in [-0.25, -0.2) is 18.4 Å². The first-order valence-corrected chi connectivity index (χ1v) is 10.8. The number of anilines is 1. The zero-order valence-corrected chi connectivity index (χ0v) is 18.4. The minimum Gasteiger partial charge on any atom is -0.496 e. The summed E-state index contributed by atoms with van der Waals surface area (Å²) in [4.78, 5) is 25.0. The standard InChI is InChI=1S/C21H26N2O6S/c1-12(2)16-8-6-7-13(3)19(16)23-20(24)14(4)29-21(25)17-11-15(30(22,26)27)9-10-18(17)28-5/h6-12,14H,1-5H3,(H,23,24)(H2,22,26,27)/t14-/m1/s1. The van der Waals surface area contributed by atoms with E-state index in [1.54, 1.807) is 0 Å². The second-order valence-electron chi connectivity index (χ2n) is 7.14. The summed E-state index contributed by atoms with van der Waals surface area (Å²) >= 11 is 0. The Morgan fingerprint density at radius 3 is 2.33 bits per heavy atom. The molecule has 0 saturated carbocycles. The molecule has 2 aromatic carbocycles. The number of amides is 1. The first-order chi connectivity index (χ1) is 14.0. The molecule has 30 heavy (non-hydrogen) atoms. The Kier molecular flexibility index (Phi) is 7.22. The fourth-order valence-electron chi connectivity index (χ4n) is 2.87. The largest absolute Gasteiger partial charge is 0.496 e. The van der Waals surface area contributed by atoms with E-state index in [-0.39, 0.29) is 22.1 Å². The summed E-state index contributed by atoms with van der Waals surface area (Å²) in [6.45, 7) is 7.33. The molecular weight excluding hydrogens is 408 g/mol. The molecule has 0 fully saturated rings. The predicted molar refractivity (Wildman–Crippen MR) is 113 cm³/mol. The van der Waals surface area contributed by atoms with Crippen LogP contribution in [0.2, 0.25) is 0 Å². The van der Waals surface area contributed by atoms with Crippen molar-refractivity contribution in [3.63, 3.8) is 0 Å². The molecule has 0 radical (unpaired) electrons. The van der Waals surface area contributed by atoms with Crippen molar-refractivity contribution in [1.29, 1.82) is 0 Å². The van der Waals surface area contributed by atoms with Crippen molar-refractivity contribution >= 4 is 27.6 Å². The number of carbonyl (C=O) groups excluding carboxylic acids is 2. The van der Waals surface area contributed by atoms with Gasteiger partial charge in [-0.15, -0.1) is 0 Å².